The number of fused-ring (bicyclic) bond motifs is 1. The Morgan fingerprint density at radius 2 is 2.14 bits per heavy atom. The third-order valence-electron chi connectivity index (χ3n) is 3.81. The van der Waals surface area contributed by atoms with Crippen LogP contribution in [-0.4, -0.2) is 10.6 Å². The van der Waals surface area contributed by atoms with E-state index >= 15 is 0 Å². The molecule has 0 fully saturated rings. The van der Waals surface area contributed by atoms with Crippen molar-refractivity contribution in [3.8, 4) is 0 Å². The van der Waals surface area contributed by atoms with E-state index in [9.17, 15) is 0 Å². The van der Waals surface area contributed by atoms with Crippen molar-refractivity contribution in [2.45, 2.75) is 32.4 Å². The topological polar surface area (TPSA) is 30.9 Å². The Morgan fingerprint density at radius 1 is 1.29 bits per heavy atom. The van der Waals surface area contributed by atoms with Gasteiger partial charge in [0.25, 0.3) is 0 Å². The SMILES string of the molecule is CCC(N)Cc1ccc2ccn(Cc3cc(Br)cs3)c2c1. The average molecular weight is 363 g/mol. The summed E-state index contributed by atoms with van der Waals surface area (Å²) < 4.78 is 3.47. The lowest BCUT2D eigenvalue weighted by atomic mass is 10.0. The molecule has 0 aliphatic rings. The summed E-state index contributed by atoms with van der Waals surface area (Å²) in [5, 5.41) is 3.42. The summed E-state index contributed by atoms with van der Waals surface area (Å²) in [4.78, 5) is 1.36. The molecule has 0 saturated carbocycles. The molecule has 0 aliphatic heterocycles. The molecule has 110 valence electrons. The summed E-state index contributed by atoms with van der Waals surface area (Å²) in [5.41, 5.74) is 8.69. The summed E-state index contributed by atoms with van der Waals surface area (Å²) in [6, 6.07) is 11.3. The quantitative estimate of drug-likeness (QED) is 0.694. The first kappa shape index (κ1) is 14.8. The molecule has 0 amide bonds. The van der Waals surface area contributed by atoms with Crippen LogP contribution in [0.5, 0.6) is 0 Å². The van der Waals surface area contributed by atoms with Crippen LogP contribution in [0.4, 0.5) is 0 Å². The van der Waals surface area contributed by atoms with E-state index in [0.29, 0.717) is 0 Å². The lowest BCUT2D eigenvalue weighted by Gasteiger charge is -2.10. The summed E-state index contributed by atoms with van der Waals surface area (Å²) in [6.07, 6.45) is 4.13. The standard InChI is InChI=1S/C17H19BrN2S/c1-2-15(19)7-12-3-4-13-5-6-20(17(13)8-12)10-16-9-14(18)11-21-16/h3-6,8-9,11,15H,2,7,10,19H2,1H3. The van der Waals surface area contributed by atoms with E-state index in [-0.39, 0.29) is 6.04 Å². The Labute approximate surface area is 137 Å². The zero-order chi connectivity index (χ0) is 14.8. The van der Waals surface area contributed by atoms with Crippen molar-refractivity contribution < 1.29 is 0 Å². The molecule has 0 saturated heterocycles. The molecule has 2 nitrogen and oxygen atoms in total. The molecule has 21 heavy (non-hydrogen) atoms. The van der Waals surface area contributed by atoms with Gasteiger partial charge in [-0.05, 0) is 57.9 Å². The van der Waals surface area contributed by atoms with Crippen molar-refractivity contribution in [2.75, 3.05) is 0 Å². The maximum absolute atomic E-state index is 6.08. The van der Waals surface area contributed by atoms with Gasteiger partial charge in [0.05, 0.1) is 6.54 Å². The van der Waals surface area contributed by atoms with E-state index in [1.807, 2.05) is 0 Å². The van der Waals surface area contributed by atoms with Crippen molar-refractivity contribution in [2.24, 2.45) is 5.73 Å². The van der Waals surface area contributed by atoms with Gasteiger partial charge in [-0.25, -0.2) is 0 Å². The molecule has 1 unspecified atom stereocenters. The molecular formula is C17H19BrN2S. The third kappa shape index (κ3) is 3.39. The van der Waals surface area contributed by atoms with Crippen LogP contribution in [0.25, 0.3) is 10.9 Å². The number of aromatic nitrogens is 1. The second kappa shape index (κ2) is 6.34. The molecule has 2 heterocycles. The van der Waals surface area contributed by atoms with E-state index in [0.717, 1.165) is 23.9 Å². The van der Waals surface area contributed by atoms with Gasteiger partial charge in [-0.2, -0.15) is 0 Å². The van der Waals surface area contributed by atoms with Gasteiger partial charge in [0.15, 0.2) is 0 Å². The first-order valence-electron chi connectivity index (χ1n) is 7.22. The molecule has 0 spiro atoms. The molecule has 2 N–H and O–H groups in total. The van der Waals surface area contributed by atoms with Gasteiger partial charge in [-0.3, -0.25) is 0 Å². The summed E-state index contributed by atoms with van der Waals surface area (Å²) in [7, 11) is 0. The molecule has 3 rings (SSSR count). The molecule has 1 atom stereocenters. The van der Waals surface area contributed by atoms with Gasteiger partial charge in [-0.15, -0.1) is 11.3 Å². The van der Waals surface area contributed by atoms with Crippen molar-refractivity contribution in [1.29, 1.82) is 0 Å². The van der Waals surface area contributed by atoms with Gasteiger partial charge in [-0.1, -0.05) is 19.1 Å². The lowest BCUT2D eigenvalue weighted by Crippen LogP contribution is -2.21. The summed E-state index contributed by atoms with van der Waals surface area (Å²) >= 11 is 5.31. The first-order chi connectivity index (χ1) is 10.2. The minimum absolute atomic E-state index is 0.249. The van der Waals surface area contributed by atoms with Crippen LogP contribution in [0.1, 0.15) is 23.8 Å². The van der Waals surface area contributed by atoms with Crippen LogP contribution < -0.4 is 5.73 Å². The zero-order valence-corrected chi connectivity index (χ0v) is 14.5. The minimum atomic E-state index is 0.249. The Morgan fingerprint density at radius 3 is 2.86 bits per heavy atom. The fourth-order valence-electron chi connectivity index (χ4n) is 2.55. The smallest absolute Gasteiger partial charge is 0.0569 e. The fourth-order valence-corrected chi connectivity index (χ4v) is 3.99. The molecule has 1 aromatic carbocycles. The predicted octanol–water partition coefficient (Wildman–Crippen LogP) is 4.79. The number of thiophene rings is 1. The van der Waals surface area contributed by atoms with E-state index in [1.165, 1.54) is 21.3 Å². The van der Waals surface area contributed by atoms with Gasteiger partial charge in [0, 0.05) is 32.5 Å². The van der Waals surface area contributed by atoms with Crippen molar-refractivity contribution in [3.63, 3.8) is 0 Å². The van der Waals surface area contributed by atoms with Crippen LogP contribution in [-0.2, 0) is 13.0 Å². The molecular weight excluding hydrogens is 344 g/mol. The second-order valence-electron chi connectivity index (χ2n) is 5.44. The van der Waals surface area contributed by atoms with Crippen LogP contribution >= 0.6 is 27.3 Å². The number of rotatable bonds is 5. The van der Waals surface area contributed by atoms with Gasteiger partial charge < -0.3 is 10.3 Å². The van der Waals surface area contributed by atoms with Crippen LogP contribution in [0.2, 0.25) is 0 Å². The third-order valence-corrected chi connectivity index (χ3v) is 5.49. The minimum Gasteiger partial charge on any atom is -0.342 e. The highest BCUT2D eigenvalue weighted by molar-refractivity contribution is 9.10. The van der Waals surface area contributed by atoms with Crippen molar-refractivity contribution in [3.05, 3.63) is 56.8 Å². The molecule has 4 heteroatoms. The first-order valence-corrected chi connectivity index (χ1v) is 8.89. The monoisotopic (exact) mass is 362 g/mol. The average Bonchev–Trinajstić information content (AvgIpc) is 3.06. The molecule has 2 aromatic heterocycles. The van der Waals surface area contributed by atoms with Crippen LogP contribution in [0, 0.1) is 0 Å². The number of hydrogen-bond acceptors (Lipinski definition) is 2. The van der Waals surface area contributed by atoms with Crippen LogP contribution in [0.15, 0.2) is 46.4 Å². The molecule has 0 bridgehead atoms. The van der Waals surface area contributed by atoms with Gasteiger partial charge >= 0.3 is 0 Å². The maximum Gasteiger partial charge on any atom is 0.0569 e. The van der Waals surface area contributed by atoms with Gasteiger partial charge in [0.1, 0.15) is 0 Å². The largest absolute Gasteiger partial charge is 0.342 e. The van der Waals surface area contributed by atoms with Crippen molar-refractivity contribution in [1.82, 2.24) is 4.57 Å². The van der Waals surface area contributed by atoms with Crippen LogP contribution in [0.3, 0.4) is 0 Å². The molecule has 3 aromatic rings. The Kier molecular flexibility index (Phi) is 4.48. The van der Waals surface area contributed by atoms with E-state index < -0.39 is 0 Å². The van der Waals surface area contributed by atoms with Crippen molar-refractivity contribution >= 4 is 38.2 Å². The number of benzene rings is 1. The maximum atomic E-state index is 6.08. The van der Waals surface area contributed by atoms with E-state index in [1.54, 1.807) is 11.3 Å². The number of nitrogens with zero attached hydrogens (tertiary/aromatic N) is 1. The Hall–Kier alpha value is -1.10. The highest BCUT2D eigenvalue weighted by Crippen LogP contribution is 2.24. The zero-order valence-electron chi connectivity index (χ0n) is 12.1. The van der Waals surface area contributed by atoms with E-state index in [2.05, 4.69) is 69.3 Å². The molecule has 0 radical (unpaired) electrons. The Bertz CT molecular complexity index is 744. The number of halogens is 1. The summed E-state index contributed by atoms with van der Waals surface area (Å²) in [6.45, 7) is 3.06. The van der Waals surface area contributed by atoms with Gasteiger partial charge in [0.2, 0.25) is 0 Å². The molecule has 0 aliphatic carbocycles. The normalized spacial score (nSPS) is 12.9. The highest BCUT2D eigenvalue weighted by atomic mass is 79.9. The van der Waals surface area contributed by atoms with E-state index in [4.69, 9.17) is 5.73 Å². The highest BCUT2D eigenvalue weighted by Gasteiger charge is 2.07. The predicted molar refractivity (Wildman–Crippen MR) is 95.0 cm³/mol. The Balaban J connectivity index is 1.90. The second-order valence-corrected chi connectivity index (χ2v) is 7.35. The number of hydrogen-bond donors (Lipinski definition) is 1. The lowest BCUT2D eigenvalue weighted by molar-refractivity contribution is 0.646. The fraction of sp³-hybridized carbons (Fsp3) is 0.294. The number of nitrogens with two attached hydrogens (primary N) is 1. The summed E-state index contributed by atoms with van der Waals surface area (Å²) in [5.74, 6) is 0.